The molecule has 0 fully saturated rings. The first-order valence-corrected chi connectivity index (χ1v) is 6.57. The van der Waals surface area contributed by atoms with E-state index < -0.39 is 11.9 Å². The van der Waals surface area contributed by atoms with Crippen LogP contribution in [0.15, 0.2) is 28.7 Å². The Hall–Kier alpha value is -2.17. The molecule has 0 spiro atoms. The van der Waals surface area contributed by atoms with Crippen LogP contribution in [0.4, 0.5) is 4.39 Å². The molecular weight excluding hydrogens is 261 g/mol. The number of carbonyl (C=O) groups is 1. The molecule has 104 valence electrons. The molecule has 1 N–H and O–H groups in total. The van der Waals surface area contributed by atoms with E-state index in [2.05, 4.69) is 4.98 Å². The summed E-state index contributed by atoms with van der Waals surface area (Å²) in [6.45, 7) is 0. The van der Waals surface area contributed by atoms with Gasteiger partial charge in [0.05, 0.1) is 18.0 Å². The summed E-state index contributed by atoms with van der Waals surface area (Å²) in [7, 11) is 0. The van der Waals surface area contributed by atoms with Gasteiger partial charge in [0.1, 0.15) is 11.6 Å². The van der Waals surface area contributed by atoms with E-state index in [9.17, 15) is 9.18 Å². The zero-order valence-electron chi connectivity index (χ0n) is 10.8. The zero-order chi connectivity index (χ0) is 14.1. The molecule has 0 saturated heterocycles. The third-order valence-electron chi connectivity index (χ3n) is 3.63. The summed E-state index contributed by atoms with van der Waals surface area (Å²) >= 11 is 0. The maximum Gasteiger partial charge on any atom is 0.306 e. The molecule has 0 amide bonds. The molecule has 1 atom stereocenters. The Morgan fingerprint density at radius 3 is 3.00 bits per heavy atom. The van der Waals surface area contributed by atoms with Crippen molar-refractivity contribution in [3.63, 3.8) is 0 Å². The lowest BCUT2D eigenvalue weighted by atomic mass is 9.91. The van der Waals surface area contributed by atoms with Crippen LogP contribution in [0.25, 0.3) is 0 Å². The van der Waals surface area contributed by atoms with Crippen molar-refractivity contribution >= 4 is 5.97 Å². The van der Waals surface area contributed by atoms with E-state index in [1.54, 1.807) is 18.2 Å². The topological polar surface area (TPSA) is 63.3 Å². The predicted molar refractivity (Wildman–Crippen MR) is 68.9 cm³/mol. The number of carboxylic acids is 1. The van der Waals surface area contributed by atoms with Crippen LogP contribution in [0.3, 0.4) is 0 Å². The van der Waals surface area contributed by atoms with Gasteiger partial charge in [-0.05, 0) is 24.5 Å². The third kappa shape index (κ3) is 2.43. The number of aliphatic carboxylic acids is 1. The fourth-order valence-electron chi connectivity index (χ4n) is 2.52. The highest BCUT2D eigenvalue weighted by Gasteiger charge is 2.28. The Bertz CT molecular complexity index is 650. The van der Waals surface area contributed by atoms with E-state index in [0.717, 1.165) is 5.69 Å². The molecule has 3 rings (SSSR count). The number of aryl methyl sites for hydroxylation is 1. The van der Waals surface area contributed by atoms with E-state index in [-0.39, 0.29) is 12.2 Å². The molecule has 4 nitrogen and oxygen atoms in total. The van der Waals surface area contributed by atoms with Crippen molar-refractivity contribution in [2.45, 2.75) is 25.7 Å². The van der Waals surface area contributed by atoms with Crippen LogP contribution in [-0.4, -0.2) is 16.1 Å². The van der Waals surface area contributed by atoms with Crippen LogP contribution in [0.5, 0.6) is 0 Å². The maximum atomic E-state index is 13.6. The smallest absolute Gasteiger partial charge is 0.306 e. The van der Waals surface area contributed by atoms with Crippen molar-refractivity contribution in [1.29, 1.82) is 0 Å². The van der Waals surface area contributed by atoms with Crippen LogP contribution in [0.1, 0.15) is 29.3 Å². The molecule has 1 aliphatic carbocycles. The largest absolute Gasteiger partial charge is 0.481 e. The lowest BCUT2D eigenvalue weighted by molar-refractivity contribution is -0.142. The average Bonchev–Trinajstić information content (AvgIpc) is 2.82. The molecule has 0 aliphatic heterocycles. The van der Waals surface area contributed by atoms with Crippen LogP contribution >= 0.6 is 0 Å². The minimum absolute atomic E-state index is 0.285. The molecule has 1 heterocycles. The van der Waals surface area contributed by atoms with E-state index in [4.69, 9.17) is 9.52 Å². The first-order valence-electron chi connectivity index (χ1n) is 6.57. The average molecular weight is 275 g/mol. The van der Waals surface area contributed by atoms with Crippen LogP contribution in [-0.2, 0) is 24.1 Å². The van der Waals surface area contributed by atoms with Crippen molar-refractivity contribution in [2.75, 3.05) is 0 Å². The number of oxazole rings is 1. The highest BCUT2D eigenvalue weighted by molar-refractivity contribution is 5.70. The molecule has 1 unspecified atom stereocenters. The van der Waals surface area contributed by atoms with E-state index in [1.807, 2.05) is 0 Å². The second kappa shape index (κ2) is 5.07. The van der Waals surface area contributed by atoms with Gasteiger partial charge in [0.2, 0.25) is 0 Å². The monoisotopic (exact) mass is 275 g/mol. The number of rotatable bonds is 3. The highest BCUT2D eigenvalue weighted by Crippen LogP contribution is 2.27. The Labute approximate surface area is 115 Å². The first-order chi connectivity index (χ1) is 9.63. The van der Waals surface area contributed by atoms with Crippen LogP contribution < -0.4 is 0 Å². The number of carboxylic acid groups (broad SMARTS) is 1. The van der Waals surface area contributed by atoms with Crippen molar-refractivity contribution in [3.8, 4) is 0 Å². The normalized spacial score (nSPS) is 17.8. The molecule has 0 radical (unpaired) electrons. The maximum absolute atomic E-state index is 13.6. The van der Waals surface area contributed by atoms with Gasteiger partial charge in [-0.1, -0.05) is 18.2 Å². The Kier molecular flexibility index (Phi) is 3.26. The molecule has 20 heavy (non-hydrogen) atoms. The number of nitrogens with zero attached hydrogens (tertiary/aromatic N) is 1. The van der Waals surface area contributed by atoms with Crippen LogP contribution in [0, 0.1) is 11.7 Å². The summed E-state index contributed by atoms with van der Waals surface area (Å²) in [4.78, 5) is 15.3. The van der Waals surface area contributed by atoms with Crippen molar-refractivity contribution in [1.82, 2.24) is 4.98 Å². The lowest BCUT2D eigenvalue weighted by Gasteiger charge is -2.15. The first kappa shape index (κ1) is 12.8. The number of hydrogen-bond acceptors (Lipinski definition) is 3. The third-order valence-corrected chi connectivity index (χ3v) is 3.63. The number of aromatic nitrogens is 1. The quantitative estimate of drug-likeness (QED) is 0.935. The van der Waals surface area contributed by atoms with Gasteiger partial charge in [-0.15, -0.1) is 0 Å². The fourth-order valence-corrected chi connectivity index (χ4v) is 2.52. The molecule has 0 bridgehead atoms. The summed E-state index contributed by atoms with van der Waals surface area (Å²) in [6.07, 6.45) is 1.84. The predicted octanol–water partition coefficient (Wildman–Crippen LogP) is 2.59. The van der Waals surface area contributed by atoms with E-state index in [1.165, 1.54) is 6.07 Å². The number of halogens is 1. The van der Waals surface area contributed by atoms with Gasteiger partial charge in [-0.25, -0.2) is 9.37 Å². The molecule has 1 aromatic heterocycles. The molecule has 1 aliphatic rings. The Morgan fingerprint density at radius 1 is 1.45 bits per heavy atom. The summed E-state index contributed by atoms with van der Waals surface area (Å²) in [6, 6.07) is 6.50. The van der Waals surface area contributed by atoms with Gasteiger partial charge in [0.25, 0.3) is 0 Å². The van der Waals surface area contributed by atoms with Gasteiger partial charge in [0, 0.05) is 6.42 Å². The van der Waals surface area contributed by atoms with E-state index >= 15 is 0 Å². The minimum atomic E-state index is -0.803. The number of hydrogen-bond donors (Lipinski definition) is 1. The van der Waals surface area contributed by atoms with Crippen molar-refractivity contribution in [2.24, 2.45) is 5.92 Å². The van der Waals surface area contributed by atoms with E-state index in [0.29, 0.717) is 36.5 Å². The molecule has 0 saturated carbocycles. The Morgan fingerprint density at radius 2 is 2.25 bits per heavy atom. The van der Waals surface area contributed by atoms with Crippen LogP contribution in [0.2, 0.25) is 0 Å². The summed E-state index contributed by atoms with van der Waals surface area (Å²) in [5.41, 5.74) is 1.34. The van der Waals surface area contributed by atoms with Gasteiger partial charge >= 0.3 is 5.97 Å². The van der Waals surface area contributed by atoms with Gasteiger partial charge in [-0.3, -0.25) is 4.79 Å². The fraction of sp³-hybridized carbons (Fsp3) is 0.333. The summed E-state index contributed by atoms with van der Waals surface area (Å²) in [5.74, 6) is -0.410. The van der Waals surface area contributed by atoms with Gasteiger partial charge in [-0.2, -0.15) is 0 Å². The molecule has 5 heteroatoms. The SMILES string of the molecule is O=C(O)C1CCc2nc(Cc3ccccc3F)oc2C1. The molecule has 1 aromatic carbocycles. The van der Waals surface area contributed by atoms with Gasteiger partial charge < -0.3 is 9.52 Å². The summed E-state index contributed by atoms with van der Waals surface area (Å²) in [5, 5.41) is 9.03. The lowest BCUT2D eigenvalue weighted by Crippen LogP contribution is -2.21. The zero-order valence-corrected chi connectivity index (χ0v) is 10.8. The number of benzene rings is 1. The van der Waals surface area contributed by atoms with Crippen molar-refractivity contribution < 1.29 is 18.7 Å². The van der Waals surface area contributed by atoms with Crippen molar-refractivity contribution in [3.05, 3.63) is 53.0 Å². The van der Waals surface area contributed by atoms with Gasteiger partial charge in [0.15, 0.2) is 5.89 Å². The number of fused-ring (bicyclic) bond motifs is 1. The Balaban J connectivity index is 1.81. The molecule has 2 aromatic rings. The second-order valence-corrected chi connectivity index (χ2v) is 5.02. The highest BCUT2D eigenvalue weighted by atomic mass is 19.1. The minimum Gasteiger partial charge on any atom is -0.481 e. The molecular formula is C15H14FNO3. The summed E-state index contributed by atoms with van der Waals surface area (Å²) < 4.78 is 19.2. The standard InChI is InChI=1S/C15H14FNO3/c16-11-4-2-1-3-9(11)8-14-17-12-6-5-10(15(18)19)7-13(12)20-14/h1-4,10H,5-8H2,(H,18,19). The second-order valence-electron chi connectivity index (χ2n) is 5.02.